The lowest BCUT2D eigenvalue weighted by atomic mass is 10.2. The number of aromatic nitrogens is 2. The monoisotopic (exact) mass is 340 g/mol. The van der Waals surface area contributed by atoms with Gasteiger partial charge in [0.15, 0.2) is 6.61 Å². The van der Waals surface area contributed by atoms with Crippen LogP contribution in [0.2, 0.25) is 0 Å². The molecule has 0 aliphatic carbocycles. The second-order valence-corrected chi connectivity index (χ2v) is 5.03. The Kier molecular flexibility index (Phi) is 4.94. The molecule has 3 rings (SSSR count). The van der Waals surface area contributed by atoms with Crippen LogP contribution in [0.25, 0.3) is 11.5 Å². The molecule has 0 saturated carbocycles. The lowest BCUT2D eigenvalue weighted by Gasteiger charge is -2.03. The van der Waals surface area contributed by atoms with Crippen molar-refractivity contribution < 1.29 is 23.4 Å². The lowest BCUT2D eigenvalue weighted by Crippen LogP contribution is -2.05. The maximum Gasteiger partial charge on any atom is 0.338 e. The fraction of sp³-hybridized carbons (Fsp3) is 0.167. The molecule has 2 aromatic carbocycles. The minimum Gasteiger partial charge on any atom is -0.497 e. The second-order valence-electron chi connectivity index (χ2n) is 5.03. The molecule has 0 N–H and O–H groups in total. The van der Waals surface area contributed by atoms with E-state index in [9.17, 15) is 4.79 Å². The van der Waals surface area contributed by atoms with Crippen molar-refractivity contribution in [3.05, 3.63) is 60.0 Å². The average molecular weight is 340 g/mol. The molecule has 1 aromatic heterocycles. The fourth-order valence-corrected chi connectivity index (χ4v) is 2.10. The first-order valence-electron chi connectivity index (χ1n) is 7.47. The number of hydrogen-bond acceptors (Lipinski definition) is 7. The number of hydrogen-bond donors (Lipinski definition) is 0. The third kappa shape index (κ3) is 3.95. The van der Waals surface area contributed by atoms with Gasteiger partial charge in [-0.05, 0) is 48.5 Å². The van der Waals surface area contributed by atoms with Crippen molar-refractivity contribution in [1.29, 1.82) is 0 Å². The van der Waals surface area contributed by atoms with Gasteiger partial charge >= 0.3 is 5.97 Å². The van der Waals surface area contributed by atoms with E-state index in [2.05, 4.69) is 10.2 Å². The number of carbonyl (C=O) groups is 1. The van der Waals surface area contributed by atoms with Crippen molar-refractivity contribution in [2.45, 2.75) is 6.61 Å². The summed E-state index contributed by atoms with van der Waals surface area (Å²) in [4.78, 5) is 12.0. The Morgan fingerprint density at radius 2 is 1.52 bits per heavy atom. The predicted molar refractivity (Wildman–Crippen MR) is 88.4 cm³/mol. The first-order valence-corrected chi connectivity index (χ1v) is 7.47. The number of ether oxygens (including phenoxy) is 3. The molecule has 1 heterocycles. The van der Waals surface area contributed by atoms with Gasteiger partial charge in [0.1, 0.15) is 11.5 Å². The summed E-state index contributed by atoms with van der Waals surface area (Å²) < 4.78 is 20.8. The van der Waals surface area contributed by atoms with Crippen LogP contribution in [-0.4, -0.2) is 30.4 Å². The first kappa shape index (κ1) is 16.5. The molecule has 0 saturated heterocycles. The van der Waals surface area contributed by atoms with Gasteiger partial charge in [-0.15, -0.1) is 10.2 Å². The summed E-state index contributed by atoms with van der Waals surface area (Å²) >= 11 is 0. The molecule has 0 fully saturated rings. The highest BCUT2D eigenvalue weighted by atomic mass is 16.5. The van der Waals surface area contributed by atoms with Gasteiger partial charge in [0.05, 0.1) is 19.8 Å². The van der Waals surface area contributed by atoms with E-state index >= 15 is 0 Å². The summed E-state index contributed by atoms with van der Waals surface area (Å²) in [5, 5.41) is 7.83. The van der Waals surface area contributed by atoms with Gasteiger partial charge in [-0.1, -0.05) is 0 Å². The van der Waals surface area contributed by atoms with Crippen LogP contribution >= 0.6 is 0 Å². The summed E-state index contributed by atoms with van der Waals surface area (Å²) in [5.41, 5.74) is 1.16. The van der Waals surface area contributed by atoms with Crippen LogP contribution in [0, 0.1) is 0 Å². The molecule has 3 aromatic rings. The number of esters is 1. The molecule has 0 atom stereocenters. The van der Waals surface area contributed by atoms with Crippen molar-refractivity contribution >= 4 is 5.97 Å². The minimum atomic E-state index is -0.480. The number of methoxy groups -OCH3 is 2. The molecule has 0 spiro atoms. The zero-order valence-corrected chi connectivity index (χ0v) is 13.8. The van der Waals surface area contributed by atoms with Crippen LogP contribution in [-0.2, 0) is 11.3 Å². The van der Waals surface area contributed by atoms with Crippen LogP contribution in [0.1, 0.15) is 16.2 Å². The van der Waals surface area contributed by atoms with E-state index in [4.69, 9.17) is 18.6 Å². The zero-order chi connectivity index (χ0) is 17.6. The largest absolute Gasteiger partial charge is 0.497 e. The van der Waals surface area contributed by atoms with Gasteiger partial charge in [-0.25, -0.2) is 4.79 Å². The lowest BCUT2D eigenvalue weighted by molar-refractivity contribution is 0.0438. The molecule has 0 aliphatic heterocycles. The predicted octanol–water partition coefficient (Wildman–Crippen LogP) is 3.11. The van der Waals surface area contributed by atoms with Gasteiger partial charge in [0, 0.05) is 5.56 Å². The highest BCUT2D eigenvalue weighted by Gasteiger charge is 2.12. The van der Waals surface area contributed by atoms with E-state index in [1.807, 2.05) is 0 Å². The summed E-state index contributed by atoms with van der Waals surface area (Å²) in [6, 6.07) is 13.8. The van der Waals surface area contributed by atoms with Crippen molar-refractivity contribution in [3.63, 3.8) is 0 Å². The van der Waals surface area contributed by atoms with Crippen molar-refractivity contribution in [1.82, 2.24) is 10.2 Å². The zero-order valence-electron chi connectivity index (χ0n) is 13.8. The molecular formula is C18H16N2O5. The van der Waals surface area contributed by atoms with Gasteiger partial charge in [0.25, 0.3) is 5.89 Å². The number of rotatable bonds is 6. The SMILES string of the molecule is COc1ccc(C(=O)OCc2nnc(-c3ccc(OC)cc3)o2)cc1. The summed E-state index contributed by atoms with van der Waals surface area (Å²) in [6.45, 7) is -0.103. The molecule has 0 bridgehead atoms. The van der Waals surface area contributed by atoms with Crippen molar-refractivity contribution in [2.75, 3.05) is 14.2 Å². The molecule has 7 heteroatoms. The average Bonchev–Trinajstić information content (AvgIpc) is 3.15. The van der Waals surface area contributed by atoms with Crippen molar-refractivity contribution in [2.24, 2.45) is 0 Å². The first-order chi connectivity index (χ1) is 12.2. The van der Waals surface area contributed by atoms with Gasteiger partial charge in [-0.3, -0.25) is 0 Å². The molecule has 25 heavy (non-hydrogen) atoms. The highest BCUT2D eigenvalue weighted by Crippen LogP contribution is 2.21. The normalized spacial score (nSPS) is 10.3. The maximum atomic E-state index is 12.0. The Hall–Kier alpha value is -3.35. The standard InChI is InChI=1S/C18H16N2O5/c1-22-14-7-3-12(4-8-14)17-20-19-16(25-17)11-24-18(21)13-5-9-15(23-2)10-6-13/h3-10H,11H2,1-2H3. The van der Waals surface area contributed by atoms with Crippen LogP contribution in [0.5, 0.6) is 11.5 Å². The molecule has 7 nitrogen and oxygen atoms in total. The third-order valence-electron chi connectivity index (χ3n) is 3.46. The van der Waals surface area contributed by atoms with Crippen LogP contribution in [0.3, 0.4) is 0 Å². The molecule has 0 aliphatic rings. The Morgan fingerprint density at radius 1 is 0.920 bits per heavy atom. The highest BCUT2D eigenvalue weighted by molar-refractivity contribution is 5.89. The van der Waals surface area contributed by atoms with Crippen molar-refractivity contribution in [3.8, 4) is 23.0 Å². The summed E-state index contributed by atoms with van der Waals surface area (Å²) in [6.07, 6.45) is 0. The van der Waals surface area contributed by atoms with E-state index in [-0.39, 0.29) is 12.5 Å². The number of carbonyl (C=O) groups excluding carboxylic acids is 1. The number of benzene rings is 2. The fourth-order valence-electron chi connectivity index (χ4n) is 2.10. The topological polar surface area (TPSA) is 83.7 Å². The molecular weight excluding hydrogens is 324 g/mol. The van der Waals surface area contributed by atoms with Gasteiger partial charge in [-0.2, -0.15) is 0 Å². The molecule has 0 unspecified atom stereocenters. The smallest absolute Gasteiger partial charge is 0.338 e. The molecule has 0 radical (unpaired) electrons. The Morgan fingerprint density at radius 3 is 2.12 bits per heavy atom. The van der Waals surface area contributed by atoms with E-state index in [1.54, 1.807) is 62.8 Å². The Labute approximate surface area is 144 Å². The Balaban J connectivity index is 1.61. The number of nitrogens with zero attached hydrogens (tertiary/aromatic N) is 2. The quantitative estimate of drug-likeness (QED) is 0.637. The second kappa shape index (κ2) is 7.48. The van der Waals surface area contributed by atoms with E-state index in [0.717, 1.165) is 11.3 Å². The summed E-state index contributed by atoms with van der Waals surface area (Å²) in [7, 11) is 3.15. The third-order valence-corrected chi connectivity index (χ3v) is 3.46. The molecule has 0 amide bonds. The van der Waals surface area contributed by atoms with E-state index < -0.39 is 5.97 Å². The molecule has 128 valence electrons. The van der Waals surface area contributed by atoms with E-state index in [1.165, 1.54) is 0 Å². The van der Waals surface area contributed by atoms with Gasteiger partial charge < -0.3 is 18.6 Å². The van der Waals surface area contributed by atoms with E-state index in [0.29, 0.717) is 17.2 Å². The summed E-state index contributed by atoms with van der Waals surface area (Å²) in [5.74, 6) is 1.48. The minimum absolute atomic E-state index is 0.103. The van der Waals surface area contributed by atoms with Crippen LogP contribution < -0.4 is 9.47 Å². The van der Waals surface area contributed by atoms with Crippen LogP contribution in [0.4, 0.5) is 0 Å². The maximum absolute atomic E-state index is 12.0. The van der Waals surface area contributed by atoms with Crippen LogP contribution in [0.15, 0.2) is 52.9 Å². The Bertz CT molecular complexity index is 841. The van der Waals surface area contributed by atoms with Gasteiger partial charge in [0.2, 0.25) is 5.89 Å².